The zero-order chi connectivity index (χ0) is 32.4. The van der Waals surface area contributed by atoms with Crippen LogP contribution in [0.2, 0.25) is 0 Å². The molecule has 6 rings (SSSR count). The van der Waals surface area contributed by atoms with Gasteiger partial charge in [0.1, 0.15) is 6.17 Å². The Kier molecular flexibility index (Phi) is 7.88. The molecule has 1 heterocycles. The first kappa shape index (κ1) is 31.0. The van der Waals surface area contributed by atoms with E-state index in [-0.39, 0.29) is 6.17 Å². The predicted molar refractivity (Wildman–Crippen MR) is 194 cm³/mol. The van der Waals surface area contributed by atoms with Crippen LogP contribution in [0.25, 0.3) is 5.57 Å². The first-order chi connectivity index (χ1) is 21.4. The molecule has 0 saturated carbocycles. The normalized spacial score (nSPS) is 20.8. The van der Waals surface area contributed by atoms with Crippen LogP contribution in [0, 0.1) is 13.8 Å². The van der Waals surface area contributed by atoms with Gasteiger partial charge in [0.05, 0.1) is 5.41 Å². The van der Waals surface area contributed by atoms with Crippen molar-refractivity contribution in [3.8, 4) is 0 Å². The van der Waals surface area contributed by atoms with Crippen molar-refractivity contribution in [2.75, 3.05) is 16.8 Å². The SMILES string of the molecule is CC(C)=C(C)N(c1cccc(C2(c3cccc(N4C(C)=C(C)N(C)C4C)c3C)C3=C(CCC=C3)c3ccccc32)c1C)C(C)C. The third-order valence-electron chi connectivity index (χ3n) is 11.1. The number of hydrogen-bond donors (Lipinski definition) is 0. The fourth-order valence-corrected chi connectivity index (χ4v) is 8.45. The molecule has 1 aliphatic heterocycles. The van der Waals surface area contributed by atoms with Crippen LogP contribution in [0.1, 0.15) is 102 Å². The third kappa shape index (κ3) is 4.45. The number of anilines is 2. The van der Waals surface area contributed by atoms with Crippen molar-refractivity contribution in [1.82, 2.24) is 4.90 Å². The van der Waals surface area contributed by atoms with Gasteiger partial charge in [0, 0.05) is 41.6 Å². The molecular formula is C42H51N3. The lowest BCUT2D eigenvalue weighted by atomic mass is 9.64. The van der Waals surface area contributed by atoms with E-state index >= 15 is 0 Å². The maximum absolute atomic E-state index is 2.54. The van der Waals surface area contributed by atoms with Gasteiger partial charge in [0.25, 0.3) is 0 Å². The summed E-state index contributed by atoms with van der Waals surface area (Å²) >= 11 is 0. The number of fused-ring (bicyclic) bond motifs is 2. The second-order valence-corrected chi connectivity index (χ2v) is 13.9. The molecule has 2 aliphatic carbocycles. The van der Waals surface area contributed by atoms with Crippen LogP contribution in [0.15, 0.2) is 101 Å². The molecule has 0 radical (unpaired) electrons. The molecule has 3 heteroatoms. The van der Waals surface area contributed by atoms with Crippen molar-refractivity contribution in [2.45, 2.75) is 99.7 Å². The van der Waals surface area contributed by atoms with Gasteiger partial charge < -0.3 is 14.7 Å². The van der Waals surface area contributed by atoms with Gasteiger partial charge in [-0.2, -0.15) is 0 Å². The summed E-state index contributed by atoms with van der Waals surface area (Å²) in [5.74, 6) is 0. The molecule has 234 valence electrons. The molecule has 3 aromatic carbocycles. The fraction of sp³-hybridized carbons (Fsp3) is 0.381. The van der Waals surface area contributed by atoms with Crippen LogP contribution in [-0.4, -0.2) is 24.2 Å². The molecule has 0 saturated heterocycles. The third-order valence-corrected chi connectivity index (χ3v) is 11.1. The van der Waals surface area contributed by atoms with Crippen molar-refractivity contribution >= 4 is 16.9 Å². The van der Waals surface area contributed by atoms with E-state index < -0.39 is 5.41 Å². The molecule has 0 N–H and O–H groups in total. The van der Waals surface area contributed by atoms with Crippen molar-refractivity contribution < 1.29 is 0 Å². The Morgan fingerprint density at radius 3 is 2.11 bits per heavy atom. The molecule has 3 nitrogen and oxygen atoms in total. The van der Waals surface area contributed by atoms with E-state index in [0.29, 0.717) is 6.04 Å². The van der Waals surface area contributed by atoms with Gasteiger partial charge in [-0.3, -0.25) is 0 Å². The first-order valence-corrected chi connectivity index (χ1v) is 16.8. The second kappa shape index (κ2) is 11.4. The highest BCUT2D eigenvalue weighted by Gasteiger charge is 2.49. The molecule has 2 atom stereocenters. The summed E-state index contributed by atoms with van der Waals surface area (Å²) in [7, 11) is 2.21. The maximum atomic E-state index is 2.54. The van der Waals surface area contributed by atoms with Crippen LogP contribution < -0.4 is 9.80 Å². The average Bonchev–Trinajstić information content (AvgIpc) is 3.42. The first-order valence-electron chi connectivity index (χ1n) is 16.8. The van der Waals surface area contributed by atoms with Crippen LogP contribution in [0.4, 0.5) is 11.4 Å². The maximum Gasteiger partial charge on any atom is 0.103 e. The zero-order valence-electron chi connectivity index (χ0n) is 29.3. The van der Waals surface area contributed by atoms with E-state index in [0.717, 1.165) is 12.8 Å². The Bertz CT molecular complexity index is 1790. The topological polar surface area (TPSA) is 9.72 Å². The standard InChI is InChI=1S/C42H51N3/c1-26(2)30(7)44(27(3)4)40-24-16-22-36(28(40)5)42(38-20-14-12-18-34(38)35-19-13-15-21-39(35)42)37-23-17-25-41(29(37)6)45-32(9)31(8)43(11)33(45)10/h12,14-18,20-25,27,33H,13,19H2,1-11H3. The van der Waals surface area contributed by atoms with Gasteiger partial charge in [-0.25, -0.2) is 0 Å². The number of hydrogen-bond acceptors (Lipinski definition) is 3. The Balaban J connectivity index is 1.72. The smallest absolute Gasteiger partial charge is 0.103 e. The van der Waals surface area contributed by atoms with Crippen molar-refractivity contribution in [3.05, 3.63) is 134 Å². The highest BCUT2D eigenvalue weighted by atomic mass is 15.4. The van der Waals surface area contributed by atoms with Crippen LogP contribution in [-0.2, 0) is 5.41 Å². The molecule has 0 amide bonds. The Labute approximate surface area is 272 Å². The minimum atomic E-state index is -0.425. The largest absolute Gasteiger partial charge is 0.356 e. The quantitative estimate of drug-likeness (QED) is 0.280. The van der Waals surface area contributed by atoms with E-state index in [9.17, 15) is 0 Å². The van der Waals surface area contributed by atoms with Gasteiger partial charge in [-0.1, -0.05) is 66.3 Å². The second-order valence-electron chi connectivity index (χ2n) is 13.9. The molecule has 45 heavy (non-hydrogen) atoms. The lowest BCUT2D eigenvalue weighted by molar-refractivity contribution is 0.357. The monoisotopic (exact) mass is 597 g/mol. The summed E-state index contributed by atoms with van der Waals surface area (Å²) in [6, 6.07) is 23.7. The van der Waals surface area contributed by atoms with E-state index in [4.69, 9.17) is 0 Å². The Morgan fingerprint density at radius 1 is 0.822 bits per heavy atom. The molecule has 0 bridgehead atoms. The summed E-state index contributed by atoms with van der Waals surface area (Å²) < 4.78 is 0. The summed E-state index contributed by atoms with van der Waals surface area (Å²) in [6.45, 7) is 22.9. The van der Waals surface area contributed by atoms with Crippen LogP contribution >= 0.6 is 0 Å². The fourth-order valence-electron chi connectivity index (χ4n) is 8.45. The van der Waals surface area contributed by atoms with Crippen LogP contribution in [0.3, 0.4) is 0 Å². The molecule has 0 aromatic heterocycles. The lowest BCUT2D eigenvalue weighted by Crippen LogP contribution is -2.37. The van der Waals surface area contributed by atoms with Crippen molar-refractivity contribution in [3.63, 3.8) is 0 Å². The van der Waals surface area contributed by atoms with Gasteiger partial charge in [0.2, 0.25) is 0 Å². The molecule has 3 aliphatic rings. The molecule has 2 unspecified atom stereocenters. The molecule has 3 aromatic rings. The number of nitrogens with zero attached hydrogens (tertiary/aromatic N) is 3. The lowest BCUT2D eigenvalue weighted by Gasteiger charge is -2.41. The average molecular weight is 598 g/mol. The Morgan fingerprint density at radius 2 is 1.47 bits per heavy atom. The summed E-state index contributed by atoms with van der Waals surface area (Å²) in [5.41, 5.74) is 18.7. The van der Waals surface area contributed by atoms with Gasteiger partial charge in [-0.15, -0.1) is 0 Å². The number of benzene rings is 3. The van der Waals surface area contributed by atoms with E-state index in [1.54, 1.807) is 0 Å². The Hall–Kier alpha value is -3.98. The van der Waals surface area contributed by atoms with E-state index in [1.165, 1.54) is 78.6 Å². The minimum Gasteiger partial charge on any atom is -0.356 e. The highest BCUT2D eigenvalue weighted by Crippen LogP contribution is 2.59. The number of rotatable bonds is 6. The molecule has 0 fully saturated rings. The van der Waals surface area contributed by atoms with Crippen molar-refractivity contribution in [1.29, 1.82) is 0 Å². The predicted octanol–water partition coefficient (Wildman–Crippen LogP) is 10.6. The van der Waals surface area contributed by atoms with E-state index in [2.05, 4.69) is 164 Å². The van der Waals surface area contributed by atoms with Crippen LogP contribution in [0.5, 0.6) is 0 Å². The minimum absolute atomic E-state index is 0.256. The molecular weight excluding hydrogens is 546 g/mol. The zero-order valence-corrected chi connectivity index (χ0v) is 29.3. The van der Waals surface area contributed by atoms with E-state index in [1.807, 2.05) is 0 Å². The van der Waals surface area contributed by atoms with Crippen molar-refractivity contribution in [2.24, 2.45) is 0 Å². The number of allylic oxidation sites excluding steroid dienone is 8. The van der Waals surface area contributed by atoms with Gasteiger partial charge in [-0.05, 0) is 139 Å². The van der Waals surface area contributed by atoms with Gasteiger partial charge in [0.15, 0.2) is 0 Å². The summed E-state index contributed by atoms with van der Waals surface area (Å²) in [4.78, 5) is 7.47. The highest BCUT2D eigenvalue weighted by molar-refractivity contribution is 5.90. The summed E-state index contributed by atoms with van der Waals surface area (Å²) in [5, 5.41) is 0. The van der Waals surface area contributed by atoms with Gasteiger partial charge >= 0.3 is 0 Å². The molecule has 0 spiro atoms. The summed E-state index contributed by atoms with van der Waals surface area (Å²) in [6.07, 6.45) is 7.28.